The Morgan fingerprint density at radius 1 is 1.20 bits per heavy atom. The molecule has 100 valence electrons. The van der Waals surface area contributed by atoms with Crippen LogP contribution < -0.4 is 0 Å². The Bertz CT molecular complexity index is 901. The standard InChI is InChI=1S/C11H7BrN6S2/c1-17-5-6(4-13-17)10-16-18-9(14-15-11(18)20-10)7-2-3-8(12)19-7/h2-5H,1H3. The summed E-state index contributed by atoms with van der Waals surface area (Å²) in [5, 5.41) is 18.0. The molecule has 0 aliphatic carbocycles. The van der Waals surface area contributed by atoms with E-state index in [0.717, 1.165) is 30.0 Å². The number of rotatable bonds is 2. The maximum atomic E-state index is 4.59. The minimum absolute atomic E-state index is 0.766. The van der Waals surface area contributed by atoms with Crippen molar-refractivity contribution < 1.29 is 0 Å². The van der Waals surface area contributed by atoms with Gasteiger partial charge in [0.05, 0.1) is 20.4 Å². The fourth-order valence-corrected chi connectivity index (χ4v) is 4.02. The molecule has 0 radical (unpaired) electrons. The number of nitrogens with zero attached hydrogens (tertiary/aromatic N) is 6. The average Bonchev–Trinajstić information content (AvgIpc) is 3.11. The molecule has 0 aliphatic heterocycles. The van der Waals surface area contributed by atoms with E-state index in [0.29, 0.717) is 0 Å². The summed E-state index contributed by atoms with van der Waals surface area (Å²) >= 11 is 6.57. The van der Waals surface area contributed by atoms with Crippen molar-refractivity contribution in [1.82, 2.24) is 29.6 Å². The van der Waals surface area contributed by atoms with Crippen LogP contribution in [0.25, 0.3) is 26.2 Å². The van der Waals surface area contributed by atoms with Crippen molar-refractivity contribution >= 4 is 43.6 Å². The van der Waals surface area contributed by atoms with Gasteiger partial charge in [-0.1, -0.05) is 11.3 Å². The van der Waals surface area contributed by atoms with Crippen LogP contribution in [0.2, 0.25) is 0 Å². The molecule has 0 amide bonds. The molecule has 0 spiro atoms. The van der Waals surface area contributed by atoms with E-state index in [1.807, 2.05) is 25.4 Å². The Morgan fingerprint density at radius 2 is 2.10 bits per heavy atom. The van der Waals surface area contributed by atoms with Gasteiger partial charge in [-0.05, 0) is 28.1 Å². The van der Waals surface area contributed by atoms with E-state index < -0.39 is 0 Å². The molecule has 0 bridgehead atoms. The van der Waals surface area contributed by atoms with Crippen LogP contribution in [0.5, 0.6) is 0 Å². The average molecular weight is 367 g/mol. The Kier molecular flexibility index (Phi) is 2.72. The van der Waals surface area contributed by atoms with Crippen molar-refractivity contribution in [1.29, 1.82) is 0 Å². The highest BCUT2D eigenvalue weighted by Gasteiger charge is 2.16. The van der Waals surface area contributed by atoms with Crippen molar-refractivity contribution in [2.24, 2.45) is 7.05 Å². The Hall–Kier alpha value is -1.58. The highest BCUT2D eigenvalue weighted by Crippen LogP contribution is 2.32. The molecule has 4 aromatic rings. The molecule has 0 N–H and O–H groups in total. The van der Waals surface area contributed by atoms with Crippen LogP contribution in [0.3, 0.4) is 0 Å². The zero-order valence-corrected chi connectivity index (χ0v) is 13.4. The number of hydrogen-bond acceptors (Lipinski definition) is 6. The number of aryl methyl sites for hydroxylation is 1. The lowest BCUT2D eigenvalue weighted by Gasteiger charge is -1.90. The first kappa shape index (κ1) is 12.2. The maximum Gasteiger partial charge on any atom is 0.235 e. The Morgan fingerprint density at radius 3 is 2.80 bits per heavy atom. The highest BCUT2D eigenvalue weighted by molar-refractivity contribution is 9.11. The molecular weight excluding hydrogens is 360 g/mol. The molecule has 0 aliphatic rings. The summed E-state index contributed by atoms with van der Waals surface area (Å²) in [7, 11) is 1.89. The quantitative estimate of drug-likeness (QED) is 0.546. The van der Waals surface area contributed by atoms with Crippen LogP contribution in [0, 0.1) is 0 Å². The molecule has 0 aromatic carbocycles. The van der Waals surface area contributed by atoms with E-state index in [2.05, 4.69) is 36.3 Å². The Labute approximate surface area is 129 Å². The van der Waals surface area contributed by atoms with Gasteiger partial charge in [0.25, 0.3) is 0 Å². The monoisotopic (exact) mass is 366 g/mol. The largest absolute Gasteiger partial charge is 0.275 e. The zero-order valence-electron chi connectivity index (χ0n) is 10.2. The molecule has 4 rings (SSSR count). The molecule has 0 saturated carbocycles. The topological polar surface area (TPSA) is 60.9 Å². The van der Waals surface area contributed by atoms with Crippen molar-refractivity contribution in [2.75, 3.05) is 0 Å². The summed E-state index contributed by atoms with van der Waals surface area (Å²) in [5.41, 5.74) is 0.987. The third-order valence-electron chi connectivity index (χ3n) is 2.74. The van der Waals surface area contributed by atoms with Gasteiger partial charge in [0.1, 0.15) is 0 Å². The lowest BCUT2D eigenvalue weighted by Crippen LogP contribution is -1.88. The summed E-state index contributed by atoms with van der Waals surface area (Å²) in [6.07, 6.45) is 3.74. The van der Waals surface area contributed by atoms with Crippen LogP contribution in [0.4, 0.5) is 0 Å². The van der Waals surface area contributed by atoms with Gasteiger partial charge in [-0.25, -0.2) is 0 Å². The molecular formula is C11H7BrN6S2. The van der Waals surface area contributed by atoms with Gasteiger partial charge in [-0.3, -0.25) is 4.68 Å². The second-order valence-corrected chi connectivity index (χ2v) is 7.55. The lowest BCUT2D eigenvalue weighted by molar-refractivity contribution is 0.768. The van der Waals surface area contributed by atoms with Gasteiger partial charge in [0.2, 0.25) is 4.96 Å². The third-order valence-corrected chi connectivity index (χ3v) is 5.30. The normalized spacial score (nSPS) is 11.5. The number of fused-ring (bicyclic) bond motifs is 1. The van der Waals surface area contributed by atoms with Gasteiger partial charge in [0, 0.05) is 13.2 Å². The van der Waals surface area contributed by atoms with E-state index in [1.54, 1.807) is 26.7 Å². The molecule has 4 heterocycles. The van der Waals surface area contributed by atoms with Crippen molar-refractivity contribution in [3.8, 4) is 21.3 Å². The first-order valence-electron chi connectivity index (χ1n) is 5.68. The minimum Gasteiger partial charge on any atom is -0.275 e. The summed E-state index contributed by atoms with van der Waals surface area (Å²) in [6.45, 7) is 0. The summed E-state index contributed by atoms with van der Waals surface area (Å²) < 4.78 is 4.60. The fourth-order valence-electron chi connectivity index (χ4n) is 1.85. The second-order valence-electron chi connectivity index (χ2n) is 4.13. The van der Waals surface area contributed by atoms with Gasteiger partial charge < -0.3 is 0 Å². The van der Waals surface area contributed by atoms with Gasteiger partial charge in [0.15, 0.2) is 10.8 Å². The molecule has 0 unspecified atom stereocenters. The van der Waals surface area contributed by atoms with Gasteiger partial charge in [-0.2, -0.15) is 14.7 Å². The Balaban J connectivity index is 1.86. The molecule has 9 heteroatoms. The summed E-state index contributed by atoms with van der Waals surface area (Å²) in [6, 6.07) is 4.00. The molecule has 6 nitrogen and oxygen atoms in total. The molecule has 4 aromatic heterocycles. The van der Waals surface area contributed by atoms with E-state index in [4.69, 9.17) is 0 Å². The lowest BCUT2D eigenvalue weighted by atomic mass is 10.4. The predicted octanol–water partition coefficient (Wildman–Crippen LogP) is 3.08. The SMILES string of the molecule is Cn1cc(-c2nn3c(-c4ccc(Br)s4)nnc3s2)cn1. The first-order valence-corrected chi connectivity index (χ1v) is 8.10. The van der Waals surface area contributed by atoms with E-state index in [1.165, 1.54) is 11.3 Å². The molecule has 0 fully saturated rings. The van der Waals surface area contributed by atoms with Crippen LogP contribution in [-0.4, -0.2) is 29.6 Å². The summed E-state index contributed by atoms with van der Waals surface area (Å²) in [4.78, 5) is 1.82. The van der Waals surface area contributed by atoms with Crippen LogP contribution in [0.15, 0.2) is 28.3 Å². The fraction of sp³-hybridized carbons (Fsp3) is 0.0909. The molecule has 0 atom stereocenters. The van der Waals surface area contributed by atoms with E-state index in [9.17, 15) is 0 Å². The van der Waals surface area contributed by atoms with E-state index in [-0.39, 0.29) is 0 Å². The number of hydrogen-bond donors (Lipinski definition) is 0. The van der Waals surface area contributed by atoms with Crippen LogP contribution in [0.1, 0.15) is 0 Å². The van der Waals surface area contributed by atoms with Crippen molar-refractivity contribution in [2.45, 2.75) is 0 Å². The van der Waals surface area contributed by atoms with Crippen molar-refractivity contribution in [3.63, 3.8) is 0 Å². The molecule has 20 heavy (non-hydrogen) atoms. The van der Waals surface area contributed by atoms with Crippen LogP contribution >= 0.6 is 38.6 Å². The maximum absolute atomic E-state index is 4.59. The number of thiophene rings is 1. The number of halogens is 1. The molecule has 0 saturated heterocycles. The smallest absolute Gasteiger partial charge is 0.235 e. The van der Waals surface area contributed by atoms with Crippen LogP contribution in [-0.2, 0) is 7.05 Å². The number of aromatic nitrogens is 6. The second kappa shape index (κ2) is 4.47. The highest BCUT2D eigenvalue weighted by atomic mass is 79.9. The van der Waals surface area contributed by atoms with E-state index >= 15 is 0 Å². The van der Waals surface area contributed by atoms with Crippen molar-refractivity contribution in [3.05, 3.63) is 28.3 Å². The first-order chi connectivity index (χ1) is 9.70. The summed E-state index contributed by atoms with van der Waals surface area (Å²) in [5.74, 6) is 0.766. The minimum atomic E-state index is 0.766. The van der Waals surface area contributed by atoms with Gasteiger partial charge in [-0.15, -0.1) is 21.5 Å². The predicted molar refractivity (Wildman–Crippen MR) is 81.9 cm³/mol. The third kappa shape index (κ3) is 1.89. The van der Waals surface area contributed by atoms with Gasteiger partial charge >= 0.3 is 0 Å². The zero-order chi connectivity index (χ0) is 13.7.